The lowest BCUT2D eigenvalue weighted by molar-refractivity contribution is 0.200. The lowest BCUT2D eigenvalue weighted by atomic mass is 10.3. The van der Waals surface area contributed by atoms with Crippen molar-refractivity contribution in [2.75, 3.05) is 6.54 Å². The van der Waals surface area contributed by atoms with E-state index in [-0.39, 0.29) is 6.09 Å². The van der Waals surface area contributed by atoms with Crippen LogP contribution in [0.15, 0.2) is 24.3 Å². The number of hydrogen-bond donors (Lipinski definition) is 1. The monoisotopic (exact) mass is 319 g/mol. The van der Waals surface area contributed by atoms with Gasteiger partial charge in [-0.25, -0.2) is 4.79 Å². The molecule has 0 atom stereocenters. The van der Waals surface area contributed by atoms with Gasteiger partial charge in [0.05, 0.1) is 3.57 Å². The Kier molecular flexibility index (Phi) is 5.45. The number of rotatable bonds is 4. The molecule has 4 heteroatoms. The zero-order valence-electron chi connectivity index (χ0n) is 8.63. The minimum atomic E-state index is -0.382. The summed E-state index contributed by atoms with van der Waals surface area (Å²) in [4.78, 5) is 11.3. The Balaban J connectivity index is 2.41. The van der Waals surface area contributed by atoms with E-state index >= 15 is 0 Å². The standard InChI is InChI=1S/C11H14INO2/c1-2-3-8-13-11(14)15-10-7-5-4-6-9(10)12/h4-7H,2-3,8H2,1H3,(H,13,14). The molecule has 0 saturated heterocycles. The topological polar surface area (TPSA) is 38.3 Å². The maximum Gasteiger partial charge on any atom is 0.412 e. The number of unbranched alkanes of at least 4 members (excludes halogenated alkanes) is 1. The van der Waals surface area contributed by atoms with Gasteiger partial charge in [0.25, 0.3) is 0 Å². The summed E-state index contributed by atoms with van der Waals surface area (Å²) in [5.74, 6) is 0.604. The van der Waals surface area contributed by atoms with Crippen LogP contribution in [0.3, 0.4) is 0 Å². The molecule has 1 N–H and O–H groups in total. The van der Waals surface area contributed by atoms with Crippen LogP contribution in [0.4, 0.5) is 4.79 Å². The molecule has 0 heterocycles. The van der Waals surface area contributed by atoms with Crippen molar-refractivity contribution >= 4 is 28.7 Å². The minimum Gasteiger partial charge on any atom is -0.409 e. The maximum atomic E-state index is 11.3. The van der Waals surface area contributed by atoms with Crippen LogP contribution in [0, 0.1) is 3.57 Å². The summed E-state index contributed by atoms with van der Waals surface area (Å²) in [6.07, 6.45) is 1.65. The number of carbonyl (C=O) groups is 1. The number of ether oxygens (including phenoxy) is 1. The number of nitrogens with one attached hydrogen (secondary N) is 1. The number of halogens is 1. The molecule has 82 valence electrons. The lowest BCUT2D eigenvalue weighted by Gasteiger charge is -2.07. The number of amides is 1. The first-order valence-corrected chi connectivity index (χ1v) is 6.02. The van der Waals surface area contributed by atoms with E-state index in [1.54, 1.807) is 6.07 Å². The Morgan fingerprint density at radius 2 is 2.20 bits per heavy atom. The van der Waals surface area contributed by atoms with E-state index in [4.69, 9.17) is 4.74 Å². The highest BCUT2D eigenvalue weighted by Crippen LogP contribution is 2.19. The second-order valence-corrected chi connectivity index (χ2v) is 4.26. The van der Waals surface area contributed by atoms with E-state index in [0.717, 1.165) is 16.4 Å². The average molecular weight is 319 g/mol. The molecule has 1 aromatic rings. The molecule has 0 radical (unpaired) electrons. The largest absolute Gasteiger partial charge is 0.412 e. The fourth-order valence-electron chi connectivity index (χ4n) is 1.03. The molecule has 1 rings (SSSR count). The van der Waals surface area contributed by atoms with Crippen molar-refractivity contribution < 1.29 is 9.53 Å². The number of hydrogen-bond acceptors (Lipinski definition) is 2. The molecular formula is C11H14INO2. The molecule has 0 aliphatic heterocycles. The van der Waals surface area contributed by atoms with Gasteiger partial charge < -0.3 is 10.1 Å². The van der Waals surface area contributed by atoms with Crippen LogP contribution in [0.5, 0.6) is 5.75 Å². The zero-order chi connectivity index (χ0) is 11.1. The molecule has 0 saturated carbocycles. The predicted octanol–water partition coefficient (Wildman–Crippen LogP) is 3.18. The van der Waals surface area contributed by atoms with Gasteiger partial charge in [-0.05, 0) is 41.1 Å². The van der Waals surface area contributed by atoms with Crippen molar-refractivity contribution in [1.29, 1.82) is 0 Å². The molecule has 1 amide bonds. The number of benzene rings is 1. The quantitative estimate of drug-likeness (QED) is 0.684. The van der Waals surface area contributed by atoms with E-state index in [0.29, 0.717) is 12.3 Å². The van der Waals surface area contributed by atoms with Crippen LogP contribution in [0.1, 0.15) is 19.8 Å². The first-order chi connectivity index (χ1) is 7.24. The second kappa shape index (κ2) is 6.66. The lowest BCUT2D eigenvalue weighted by Crippen LogP contribution is -2.27. The highest BCUT2D eigenvalue weighted by atomic mass is 127. The van der Waals surface area contributed by atoms with Crippen LogP contribution in [0.25, 0.3) is 0 Å². The minimum absolute atomic E-state index is 0.382. The summed E-state index contributed by atoms with van der Waals surface area (Å²) < 4.78 is 6.07. The molecular weight excluding hydrogens is 305 g/mol. The van der Waals surface area contributed by atoms with Crippen LogP contribution in [-0.4, -0.2) is 12.6 Å². The molecule has 0 aliphatic rings. The molecule has 3 nitrogen and oxygen atoms in total. The van der Waals surface area contributed by atoms with Gasteiger partial charge in [-0.3, -0.25) is 0 Å². The van der Waals surface area contributed by atoms with Crippen molar-refractivity contribution in [2.45, 2.75) is 19.8 Å². The molecule has 0 spiro atoms. The van der Waals surface area contributed by atoms with E-state index in [9.17, 15) is 4.79 Å². The molecule has 0 bridgehead atoms. The molecule has 0 aliphatic carbocycles. The maximum absolute atomic E-state index is 11.3. The highest BCUT2D eigenvalue weighted by molar-refractivity contribution is 14.1. The summed E-state index contributed by atoms with van der Waals surface area (Å²) in [6.45, 7) is 2.74. The molecule has 0 aromatic heterocycles. The van der Waals surface area contributed by atoms with Crippen molar-refractivity contribution in [2.24, 2.45) is 0 Å². The van der Waals surface area contributed by atoms with Crippen molar-refractivity contribution in [1.82, 2.24) is 5.32 Å². The molecule has 0 unspecified atom stereocenters. The van der Waals surface area contributed by atoms with E-state index in [1.165, 1.54) is 0 Å². The van der Waals surface area contributed by atoms with Crippen molar-refractivity contribution in [3.05, 3.63) is 27.8 Å². The average Bonchev–Trinajstić information content (AvgIpc) is 2.22. The van der Waals surface area contributed by atoms with Gasteiger partial charge >= 0.3 is 6.09 Å². The van der Waals surface area contributed by atoms with E-state index < -0.39 is 0 Å². The summed E-state index contributed by atoms with van der Waals surface area (Å²) in [5.41, 5.74) is 0. The summed E-state index contributed by atoms with van der Waals surface area (Å²) >= 11 is 2.13. The van der Waals surface area contributed by atoms with Crippen LogP contribution >= 0.6 is 22.6 Å². The number of carbonyl (C=O) groups excluding carboxylic acids is 1. The summed E-state index contributed by atoms with van der Waals surface area (Å²) in [7, 11) is 0. The Bertz CT molecular complexity index is 328. The number of para-hydroxylation sites is 1. The van der Waals surface area contributed by atoms with Gasteiger partial charge in [-0.15, -0.1) is 0 Å². The normalized spacial score (nSPS) is 9.73. The predicted molar refractivity (Wildman–Crippen MR) is 68.1 cm³/mol. The van der Waals surface area contributed by atoms with Gasteiger partial charge in [-0.2, -0.15) is 0 Å². The Hall–Kier alpha value is -0.780. The second-order valence-electron chi connectivity index (χ2n) is 3.10. The van der Waals surface area contributed by atoms with Gasteiger partial charge in [0, 0.05) is 6.54 Å². The van der Waals surface area contributed by atoms with Crippen LogP contribution in [-0.2, 0) is 0 Å². The van der Waals surface area contributed by atoms with Crippen molar-refractivity contribution in [3.8, 4) is 5.75 Å². The third-order valence-electron chi connectivity index (χ3n) is 1.84. The van der Waals surface area contributed by atoms with Gasteiger partial charge in [0.15, 0.2) is 0 Å². The van der Waals surface area contributed by atoms with Crippen molar-refractivity contribution in [3.63, 3.8) is 0 Å². The Morgan fingerprint density at radius 1 is 1.47 bits per heavy atom. The zero-order valence-corrected chi connectivity index (χ0v) is 10.8. The fourth-order valence-corrected chi connectivity index (χ4v) is 1.53. The molecule has 0 fully saturated rings. The van der Waals surface area contributed by atoms with E-state index in [1.807, 2.05) is 18.2 Å². The van der Waals surface area contributed by atoms with E-state index in [2.05, 4.69) is 34.8 Å². The Morgan fingerprint density at radius 3 is 2.87 bits per heavy atom. The summed E-state index contributed by atoms with van der Waals surface area (Å²) in [5, 5.41) is 2.69. The van der Waals surface area contributed by atoms with Gasteiger partial charge in [0.1, 0.15) is 5.75 Å². The third-order valence-corrected chi connectivity index (χ3v) is 2.73. The smallest absolute Gasteiger partial charge is 0.409 e. The molecule has 1 aromatic carbocycles. The van der Waals surface area contributed by atoms with Crippen LogP contribution < -0.4 is 10.1 Å². The Labute approximate surface area is 103 Å². The van der Waals surface area contributed by atoms with Crippen LogP contribution in [0.2, 0.25) is 0 Å². The third kappa shape index (κ3) is 4.51. The SMILES string of the molecule is CCCCNC(=O)Oc1ccccc1I. The highest BCUT2D eigenvalue weighted by Gasteiger charge is 2.05. The first-order valence-electron chi connectivity index (χ1n) is 4.94. The fraction of sp³-hybridized carbons (Fsp3) is 0.364. The van der Waals surface area contributed by atoms with Gasteiger partial charge in [0.2, 0.25) is 0 Å². The summed E-state index contributed by atoms with van der Waals surface area (Å²) in [6, 6.07) is 7.43. The van der Waals surface area contributed by atoms with Gasteiger partial charge in [-0.1, -0.05) is 25.5 Å². The first kappa shape index (κ1) is 12.3. The molecule has 15 heavy (non-hydrogen) atoms.